The van der Waals surface area contributed by atoms with Crippen molar-refractivity contribution in [3.8, 4) is 0 Å². The van der Waals surface area contributed by atoms with Gasteiger partial charge in [-0.3, -0.25) is 13.8 Å². The van der Waals surface area contributed by atoms with Crippen LogP contribution in [0.1, 0.15) is 104 Å². The van der Waals surface area contributed by atoms with Gasteiger partial charge in [-0.1, -0.05) is 100 Å². The molecule has 0 radical (unpaired) electrons. The van der Waals surface area contributed by atoms with Gasteiger partial charge in [0.2, 0.25) is 0 Å². The molecule has 0 heterocycles. The third-order valence-corrected chi connectivity index (χ3v) is 6.79. The number of phosphoric ester groups is 1. The molecule has 0 fully saturated rings. The Morgan fingerprint density at radius 2 is 1.27 bits per heavy atom. The van der Waals surface area contributed by atoms with Crippen molar-refractivity contribution in [3.63, 3.8) is 0 Å². The predicted molar refractivity (Wildman–Crippen MR) is 164 cm³/mol. The molecule has 232 valence electrons. The number of phosphoric acid groups is 1. The summed E-state index contributed by atoms with van der Waals surface area (Å²) in [5, 5.41) is 0. The van der Waals surface area contributed by atoms with Crippen molar-refractivity contribution in [3.05, 3.63) is 48.6 Å². The van der Waals surface area contributed by atoms with Gasteiger partial charge in [0.05, 0.1) is 19.8 Å². The number of hydrogen-bond donors (Lipinski definition) is 2. The van der Waals surface area contributed by atoms with E-state index in [4.69, 9.17) is 19.7 Å². The highest BCUT2D eigenvalue weighted by Gasteiger charge is 2.24. The van der Waals surface area contributed by atoms with Gasteiger partial charge in [0.25, 0.3) is 0 Å². The molecule has 0 aliphatic heterocycles. The van der Waals surface area contributed by atoms with Crippen LogP contribution in [0.4, 0.5) is 0 Å². The van der Waals surface area contributed by atoms with E-state index >= 15 is 0 Å². The third kappa shape index (κ3) is 29.4. The average Bonchev–Trinajstić information content (AvgIpc) is 2.92. The summed E-state index contributed by atoms with van der Waals surface area (Å²) in [5.74, 6) is -0.511. The number of unbranched alkanes of at least 4 members (excludes halogenated alkanes) is 9. The number of carbonyl (C=O) groups excluding carboxylic acids is 1. The van der Waals surface area contributed by atoms with Crippen molar-refractivity contribution >= 4 is 13.8 Å². The molecule has 3 N–H and O–H groups in total. The zero-order chi connectivity index (χ0) is 29.6. The van der Waals surface area contributed by atoms with Crippen molar-refractivity contribution < 1.29 is 32.8 Å². The summed E-state index contributed by atoms with van der Waals surface area (Å²) in [6, 6.07) is 0. The lowest BCUT2D eigenvalue weighted by Gasteiger charge is -2.19. The van der Waals surface area contributed by atoms with Gasteiger partial charge in [-0.05, 0) is 44.9 Å². The summed E-state index contributed by atoms with van der Waals surface area (Å²) in [5.41, 5.74) is 5.25. The summed E-state index contributed by atoms with van der Waals surface area (Å²) < 4.78 is 31.9. The van der Waals surface area contributed by atoms with Crippen LogP contribution in [-0.2, 0) is 27.9 Å². The van der Waals surface area contributed by atoms with Crippen molar-refractivity contribution in [2.75, 3.05) is 33.0 Å². The fourth-order valence-electron chi connectivity index (χ4n) is 3.75. The van der Waals surface area contributed by atoms with Crippen molar-refractivity contribution in [2.45, 2.75) is 110 Å². The standard InChI is InChI=1S/C31H56NO7P/c1-3-4-5-6-7-8-9-10-11-12-13-14-15-16-17-18-19-20-21-22-23-24-26-36-28-31(39-30(2)33)29-38-40(34,35)37-27-25-32/h4-5,7-8,10-11,13-14,31H,3,6,9,12,15-29,32H2,1-2H3,(H,34,35)/b5-4-,8-7-,11-10-,14-13-. The summed E-state index contributed by atoms with van der Waals surface area (Å²) in [7, 11) is -4.22. The molecule has 0 saturated carbocycles. The Hall–Kier alpha value is -1.54. The second-order valence-corrected chi connectivity index (χ2v) is 11.1. The first-order valence-corrected chi connectivity index (χ1v) is 16.6. The molecule has 40 heavy (non-hydrogen) atoms. The maximum Gasteiger partial charge on any atom is 0.472 e. The van der Waals surface area contributed by atoms with E-state index in [0.717, 1.165) is 38.5 Å². The number of carbonyl (C=O) groups is 1. The Kier molecular flexibility index (Phi) is 27.9. The maximum absolute atomic E-state index is 11.7. The number of rotatable bonds is 28. The van der Waals surface area contributed by atoms with E-state index in [1.165, 1.54) is 58.3 Å². The number of nitrogens with two attached hydrogens (primary N) is 1. The van der Waals surface area contributed by atoms with Crippen molar-refractivity contribution in [1.29, 1.82) is 0 Å². The van der Waals surface area contributed by atoms with Gasteiger partial charge in [0.1, 0.15) is 6.10 Å². The van der Waals surface area contributed by atoms with E-state index in [1.54, 1.807) is 0 Å². The number of hydrogen-bond acceptors (Lipinski definition) is 7. The van der Waals surface area contributed by atoms with Gasteiger partial charge in [-0.25, -0.2) is 4.57 Å². The van der Waals surface area contributed by atoms with Crippen LogP contribution in [0.3, 0.4) is 0 Å². The highest BCUT2D eigenvalue weighted by atomic mass is 31.2. The van der Waals surface area contributed by atoms with Gasteiger partial charge >= 0.3 is 13.8 Å². The van der Waals surface area contributed by atoms with Crippen molar-refractivity contribution in [1.82, 2.24) is 0 Å². The van der Waals surface area contributed by atoms with E-state index in [9.17, 15) is 14.3 Å². The molecule has 0 saturated heterocycles. The lowest BCUT2D eigenvalue weighted by atomic mass is 10.1. The van der Waals surface area contributed by atoms with E-state index in [1.807, 2.05) is 0 Å². The molecule has 0 aromatic rings. The minimum Gasteiger partial charge on any atom is -0.458 e. The van der Waals surface area contributed by atoms with Gasteiger partial charge in [0, 0.05) is 20.1 Å². The number of allylic oxidation sites excluding steroid dienone is 8. The minimum absolute atomic E-state index is 0.0946. The molecular weight excluding hydrogens is 529 g/mol. The van der Waals surface area contributed by atoms with Gasteiger partial charge in [-0.15, -0.1) is 0 Å². The molecule has 2 atom stereocenters. The zero-order valence-electron chi connectivity index (χ0n) is 25.1. The molecule has 9 heteroatoms. The SMILES string of the molecule is CC/C=C\C/C=C\C/C=C\C/C=C\CCCCCCCCCCCOCC(COP(=O)(O)OCCN)OC(C)=O. The summed E-state index contributed by atoms with van der Waals surface area (Å²) in [6.45, 7) is 3.75. The Balaban J connectivity index is 3.60. The third-order valence-electron chi connectivity index (χ3n) is 5.81. The van der Waals surface area contributed by atoms with Gasteiger partial charge < -0.3 is 20.1 Å². The summed E-state index contributed by atoms with van der Waals surface area (Å²) >= 11 is 0. The molecule has 0 amide bonds. The largest absolute Gasteiger partial charge is 0.472 e. The Morgan fingerprint density at radius 1 is 0.750 bits per heavy atom. The van der Waals surface area contributed by atoms with E-state index in [-0.39, 0.29) is 26.4 Å². The van der Waals surface area contributed by atoms with Gasteiger partial charge in [-0.2, -0.15) is 0 Å². The van der Waals surface area contributed by atoms with Crippen LogP contribution in [0.5, 0.6) is 0 Å². The minimum atomic E-state index is -4.22. The van der Waals surface area contributed by atoms with Crippen LogP contribution < -0.4 is 5.73 Å². The molecule has 2 unspecified atom stereocenters. The van der Waals surface area contributed by atoms with E-state index < -0.39 is 19.9 Å². The molecule has 0 aromatic heterocycles. The number of ether oxygens (including phenoxy) is 2. The first kappa shape index (κ1) is 38.5. The molecule has 0 bridgehead atoms. The lowest BCUT2D eigenvalue weighted by Crippen LogP contribution is -2.27. The molecule has 0 aromatic carbocycles. The fraction of sp³-hybridized carbons (Fsp3) is 0.710. The Morgan fingerprint density at radius 3 is 1.82 bits per heavy atom. The van der Waals surface area contributed by atoms with Gasteiger partial charge in [0.15, 0.2) is 0 Å². The monoisotopic (exact) mass is 585 g/mol. The van der Waals surface area contributed by atoms with E-state index in [0.29, 0.717) is 6.61 Å². The zero-order valence-corrected chi connectivity index (χ0v) is 25.9. The van der Waals surface area contributed by atoms with E-state index in [2.05, 4.69) is 60.1 Å². The lowest BCUT2D eigenvalue weighted by molar-refractivity contribution is -0.151. The Bertz CT molecular complexity index is 752. The first-order valence-electron chi connectivity index (χ1n) is 15.1. The van der Waals surface area contributed by atoms with Crippen LogP contribution in [0.25, 0.3) is 0 Å². The molecule has 0 spiro atoms. The molecular formula is C31H56NO7P. The highest BCUT2D eigenvalue weighted by molar-refractivity contribution is 7.47. The summed E-state index contributed by atoms with van der Waals surface area (Å²) in [6.07, 6.45) is 33.3. The molecule has 0 aliphatic rings. The Labute approximate surface area is 243 Å². The fourth-order valence-corrected chi connectivity index (χ4v) is 4.51. The normalized spacial score (nSPS) is 14.6. The first-order chi connectivity index (χ1) is 19.4. The second-order valence-electron chi connectivity index (χ2n) is 9.66. The average molecular weight is 586 g/mol. The predicted octanol–water partition coefficient (Wildman–Crippen LogP) is 7.73. The van der Waals surface area contributed by atoms with Crippen LogP contribution in [-0.4, -0.2) is 49.9 Å². The molecule has 0 aliphatic carbocycles. The molecule has 8 nitrogen and oxygen atoms in total. The van der Waals surface area contributed by atoms with Crippen LogP contribution in [0.15, 0.2) is 48.6 Å². The van der Waals surface area contributed by atoms with Crippen LogP contribution >= 0.6 is 7.82 Å². The quantitative estimate of drug-likeness (QED) is 0.0414. The maximum atomic E-state index is 11.7. The number of esters is 1. The van der Waals surface area contributed by atoms with Crippen molar-refractivity contribution in [2.24, 2.45) is 5.73 Å². The smallest absolute Gasteiger partial charge is 0.458 e. The van der Waals surface area contributed by atoms with Crippen LogP contribution in [0.2, 0.25) is 0 Å². The second kappa shape index (κ2) is 29.0. The summed E-state index contributed by atoms with van der Waals surface area (Å²) in [4.78, 5) is 20.8. The topological polar surface area (TPSA) is 117 Å². The van der Waals surface area contributed by atoms with Crippen LogP contribution in [0, 0.1) is 0 Å². The highest BCUT2D eigenvalue weighted by Crippen LogP contribution is 2.43. The molecule has 0 rings (SSSR count).